The Bertz CT molecular complexity index is 936. The third-order valence-corrected chi connectivity index (χ3v) is 4.53. The maximum Gasteiger partial charge on any atom is 0.203 e. The summed E-state index contributed by atoms with van der Waals surface area (Å²) in [6.45, 7) is 0.502. The molecule has 26 heavy (non-hydrogen) atoms. The molecule has 0 spiro atoms. The van der Waals surface area contributed by atoms with Gasteiger partial charge in [0.15, 0.2) is 17.3 Å². The van der Waals surface area contributed by atoms with Crippen molar-refractivity contribution in [1.29, 1.82) is 0 Å². The summed E-state index contributed by atoms with van der Waals surface area (Å²) < 4.78 is 18.2. The van der Waals surface area contributed by atoms with Crippen LogP contribution in [0.3, 0.4) is 0 Å². The zero-order valence-electron chi connectivity index (χ0n) is 15.0. The van der Waals surface area contributed by atoms with Gasteiger partial charge in [0.05, 0.1) is 21.3 Å². The van der Waals surface area contributed by atoms with Gasteiger partial charge in [-0.05, 0) is 18.9 Å². The van der Waals surface area contributed by atoms with E-state index in [0.29, 0.717) is 35.5 Å². The van der Waals surface area contributed by atoms with Crippen LogP contribution in [0, 0.1) is 0 Å². The lowest BCUT2D eigenvalue weighted by molar-refractivity contribution is 0.347. The van der Waals surface area contributed by atoms with E-state index >= 15 is 0 Å². The molecule has 2 heterocycles. The highest BCUT2D eigenvalue weighted by Crippen LogP contribution is 2.39. The number of nitrogens with zero attached hydrogens (tertiary/aromatic N) is 4. The van der Waals surface area contributed by atoms with E-state index in [2.05, 4.69) is 20.5 Å². The number of benzene rings is 1. The Morgan fingerprint density at radius 2 is 1.77 bits per heavy atom. The summed E-state index contributed by atoms with van der Waals surface area (Å²) in [5.41, 5.74) is 1.66. The Morgan fingerprint density at radius 3 is 2.46 bits per heavy atom. The molecule has 0 amide bonds. The second kappa shape index (κ2) is 6.70. The van der Waals surface area contributed by atoms with E-state index in [1.807, 2.05) is 22.7 Å². The van der Waals surface area contributed by atoms with Crippen molar-refractivity contribution in [1.82, 2.24) is 19.6 Å². The zero-order valence-corrected chi connectivity index (χ0v) is 15.0. The van der Waals surface area contributed by atoms with Gasteiger partial charge in [-0.3, -0.25) is 4.40 Å². The van der Waals surface area contributed by atoms with Crippen LogP contribution in [0.2, 0.25) is 0 Å². The molecular formula is C18H21N5O3. The van der Waals surface area contributed by atoms with E-state index in [1.165, 1.54) is 12.8 Å². The van der Waals surface area contributed by atoms with Gasteiger partial charge >= 0.3 is 0 Å². The molecular weight excluding hydrogens is 334 g/mol. The van der Waals surface area contributed by atoms with Crippen LogP contribution in [0.4, 0.5) is 5.82 Å². The summed E-state index contributed by atoms with van der Waals surface area (Å²) in [6.07, 6.45) is 6.02. The van der Waals surface area contributed by atoms with Crippen molar-refractivity contribution in [3.05, 3.63) is 35.9 Å². The van der Waals surface area contributed by atoms with Gasteiger partial charge < -0.3 is 19.5 Å². The van der Waals surface area contributed by atoms with Crippen LogP contribution in [-0.4, -0.2) is 40.9 Å². The highest BCUT2D eigenvalue weighted by Gasteiger charge is 2.29. The van der Waals surface area contributed by atoms with Gasteiger partial charge in [0, 0.05) is 36.5 Å². The molecule has 1 aromatic carbocycles. The quantitative estimate of drug-likeness (QED) is 0.697. The third kappa shape index (κ3) is 2.87. The second-order valence-electron chi connectivity index (χ2n) is 6.17. The number of nitrogens with one attached hydrogen (secondary N) is 1. The zero-order chi connectivity index (χ0) is 18.1. The standard InChI is InChI=1S/C18H21N5O3/c1-24-13-9-15(26-3)14(25-2)8-12(13)10-20-16-18-22-21-17(11-4-5-11)23(18)7-6-19-16/h6-9,11H,4-5,10H2,1-3H3,(H,19,20). The Morgan fingerprint density at radius 1 is 1.04 bits per heavy atom. The number of hydrogen-bond acceptors (Lipinski definition) is 7. The molecule has 1 fully saturated rings. The first-order valence-electron chi connectivity index (χ1n) is 8.47. The molecule has 0 bridgehead atoms. The Balaban J connectivity index is 1.62. The topological polar surface area (TPSA) is 82.8 Å². The van der Waals surface area contributed by atoms with E-state index in [1.54, 1.807) is 27.5 Å². The minimum atomic E-state index is 0.502. The number of methoxy groups -OCH3 is 3. The van der Waals surface area contributed by atoms with Gasteiger partial charge in [-0.15, -0.1) is 10.2 Å². The van der Waals surface area contributed by atoms with Crippen molar-refractivity contribution in [3.63, 3.8) is 0 Å². The van der Waals surface area contributed by atoms with Crippen LogP contribution in [0.25, 0.3) is 5.65 Å². The SMILES string of the molecule is COc1cc(OC)c(OC)cc1CNc1nccn2c(C3CC3)nnc12. The molecule has 0 aliphatic heterocycles. The van der Waals surface area contributed by atoms with E-state index in [9.17, 15) is 0 Å². The van der Waals surface area contributed by atoms with E-state index < -0.39 is 0 Å². The average Bonchev–Trinajstić information content (AvgIpc) is 3.44. The van der Waals surface area contributed by atoms with Gasteiger partial charge in [-0.1, -0.05) is 0 Å². The first kappa shape index (κ1) is 16.4. The van der Waals surface area contributed by atoms with Gasteiger partial charge in [-0.25, -0.2) is 4.98 Å². The fraction of sp³-hybridized carbons (Fsp3) is 0.389. The first-order valence-corrected chi connectivity index (χ1v) is 8.47. The molecule has 4 rings (SSSR count). The number of aromatic nitrogens is 4. The molecule has 1 saturated carbocycles. The van der Waals surface area contributed by atoms with Gasteiger partial charge in [0.1, 0.15) is 11.6 Å². The molecule has 0 atom stereocenters. The summed E-state index contributed by atoms with van der Waals surface area (Å²) in [4.78, 5) is 4.42. The summed E-state index contributed by atoms with van der Waals surface area (Å²) >= 11 is 0. The molecule has 136 valence electrons. The average molecular weight is 355 g/mol. The van der Waals surface area contributed by atoms with Crippen molar-refractivity contribution in [2.75, 3.05) is 26.6 Å². The number of anilines is 1. The predicted molar refractivity (Wildman–Crippen MR) is 96.2 cm³/mol. The largest absolute Gasteiger partial charge is 0.496 e. The number of hydrogen-bond donors (Lipinski definition) is 1. The molecule has 0 radical (unpaired) electrons. The highest BCUT2D eigenvalue weighted by atomic mass is 16.5. The molecule has 8 nitrogen and oxygen atoms in total. The Hall–Kier alpha value is -3.03. The van der Waals surface area contributed by atoms with Crippen molar-refractivity contribution in [2.45, 2.75) is 25.3 Å². The minimum absolute atomic E-state index is 0.502. The Labute approximate surface area is 151 Å². The van der Waals surface area contributed by atoms with Crippen molar-refractivity contribution >= 4 is 11.5 Å². The molecule has 0 unspecified atom stereocenters. The summed E-state index contributed by atoms with van der Waals surface area (Å²) in [6, 6.07) is 3.70. The monoisotopic (exact) mass is 355 g/mol. The van der Waals surface area contributed by atoms with E-state index in [0.717, 1.165) is 17.0 Å². The summed E-state index contributed by atoms with van der Waals surface area (Å²) in [5, 5.41) is 12.0. The molecule has 1 N–H and O–H groups in total. The maximum absolute atomic E-state index is 5.48. The molecule has 2 aromatic heterocycles. The summed E-state index contributed by atoms with van der Waals surface area (Å²) in [5.74, 6) is 4.20. The fourth-order valence-electron chi connectivity index (χ4n) is 3.00. The van der Waals surface area contributed by atoms with Crippen LogP contribution >= 0.6 is 0 Å². The Kier molecular flexibility index (Phi) is 4.24. The lowest BCUT2D eigenvalue weighted by atomic mass is 10.1. The third-order valence-electron chi connectivity index (χ3n) is 4.53. The van der Waals surface area contributed by atoms with Crippen LogP contribution in [0.5, 0.6) is 17.2 Å². The number of rotatable bonds is 7. The number of ether oxygens (including phenoxy) is 3. The van der Waals surface area contributed by atoms with Crippen LogP contribution < -0.4 is 19.5 Å². The highest BCUT2D eigenvalue weighted by molar-refractivity contribution is 5.63. The molecule has 1 aliphatic carbocycles. The van der Waals surface area contributed by atoms with E-state index in [-0.39, 0.29) is 0 Å². The minimum Gasteiger partial charge on any atom is -0.496 e. The first-order chi connectivity index (χ1) is 12.7. The summed E-state index contributed by atoms with van der Waals surface area (Å²) in [7, 11) is 4.84. The van der Waals surface area contributed by atoms with Crippen molar-refractivity contribution in [3.8, 4) is 17.2 Å². The van der Waals surface area contributed by atoms with Gasteiger partial charge in [0.2, 0.25) is 5.65 Å². The predicted octanol–water partition coefficient (Wildman–Crippen LogP) is 2.64. The normalized spacial score (nSPS) is 13.7. The smallest absolute Gasteiger partial charge is 0.203 e. The molecule has 1 aliphatic rings. The molecule has 8 heteroatoms. The van der Waals surface area contributed by atoms with Crippen LogP contribution in [-0.2, 0) is 6.54 Å². The van der Waals surface area contributed by atoms with Crippen molar-refractivity contribution in [2.24, 2.45) is 0 Å². The van der Waals surface area contributed by atoms with E-state index in [4.69, 9.17) is 14.2 Å². The van der Waals surface area contributed by atoms with Crippen LogP contribution in [0.1, 0.15) is 30.1 Å². The number of fused-ring (bicyclic) bond motifs is 1. The second-order valence-corrected chi connectivity index (χ2v) is 6.17. The molecule has 0 saturated heterocycles. The van der Waals surface area contributed by atoms with Gasteiger partial charge in [0.25, 0.3) is 0 Å². The van der Waals surface area contributed by atoms with Crippen LogP contribution in [0.15, 0.2) is 24.5 Å². The van der Waals surface area contributed by atoms with Crippen molar-refractivity contribution < 1.29 is 14.2 Å². The molecule has 3 aromatic rings. The lowest BCUT2D eigenvalue weighted by Gasteiger charge is -2.15. The van der Waals surface area contributed by atoms with Gasteiger partial charge in [-0.2, -0.15) is 0 Å². The maximum atomic E-state index is 5.48. The lowest BCUT2D eigenvalue weighted by Crippen LogP contribution is -2.06. The fourth-order valence-corrected chi connectivity index (χ4v) is 3.00.